The Bertz CT molecular complexity index is 979. The zero-order chi connectivity index (χ0) is 21.7. The number of sulfonamides is 1. The SMILES string of the molecule is CCOc1ccc(S(=O)(=O)N2CCC(C(=O)NCc3ccc(C)cc3)CC2)cc1C. The molecule has 6 nitrogen and oxygen atoms in total. The summed E-state index contributed by atoms with van der Waals surface area (Å²) in [5.74, 6) is 0.522. The Hall–Kier alpha value is -2.38. The van der Waals surface area contributed by atoms with Crippen LogP contribution in [0.15, 0.2) is 47.4 Å². The van der Waals surface area contributed by atoms with Crippen LogP contribution in [0.5, 0.6) is 5.75 Å². The molecule has 0 spiro atoms. The highest BCUT2D eigenvalue weighted by Gasteiger charge is 2.32. The summed E-state index contributed by atoms with van der Waals surface area (Å²) in [5.41, 5.74) is 3.03. The van der Waals surface area contributed by atoms with Crippen LogP contribution in [0.1, 0.15) is 36.5 Å². The number of hydrogen-bond acceptors (Lipinski definition) is 4. The van der Waals surface area contributed by atoms with E-state index in [0.29, 0.717) is 44.8 Å². The summed E-state index contributed by atoms with van der Waals surface area (Å²) in [6, 6.07) is 13.0. The number of ether oxygens (including phenoxy) is 1. The molecule has 0 saturated carbocycles. The molecule has 0 radical (unpaired) electrons. The molecule has 0 aromatic heterocycles. The molecule has 162 valence electrons. The maximum absolute atomic E-state index is 13.0. The fraction of sp³-hybridized carbons (Fsp3) is 0.435. The van der Waals surface area contributed by atoms with E-state index >= 15 is 0 Å². The smallest absolute Gasteiger partial charge is 0.243 e. The first-order chi connectivity index (χ1) is 14.3. The number of benzene rings is 2. The number of aryl methyl sites for hydroxylation is 2. The van der Waals surface area contributed by atoms with Gasteiger partial charge < -0.3 is 10.1 Å². The van der Waals surface area contributed by atoms with Crippen LogP contribution in [-0.2, 0) is 21.4 Å². The van der Waals surface area contributed by atoms with Crippen LogP contribution in [0.3, 0.4) is 0 Å². The van der Waals surface area contributed by atoms with Crippen molar-refractivity contribution in [1.29, 1.82) is 0 Å². The van der Waals surface area contributed by atoms with E-state index in [1.807, 2.05) is 45.0 Å². The lowest BCUT2D eigenvalue weighted by Gasteiger charge is -2.30. The second kappa shape index (κ2) is 9.62. The highest BCUT2D eigenvalue weighted by molar-refractivity contribution is 7.89. The Kier molecular flexibility index (Phi) is 7.15. The van der Waals surface area contributed by atoms with E-state index in [-0.39, 0.29) is 16.7 Å². The van der Waals surface area contributed by atoms with Gasteiger partial charge in [0.1, 0.15) is 5.75 Å². The van der Waals surface area contributed by atoms with Gasteiger partial charge in [0.2, 0.25) is 15.9 Å². The van der Waals surface area contributed by atoms with Crippen molar-refractivity contribution in [2.24, 2.45) is 5.92 Å². The van der Waals surface area contributed by atoms with Gasteiger partial charge in [-0.2, -0.15) is 4.31 Å². The van der Waals surface area contributed by atoms with Crippen molar-refractivity contribution < 1.29 is 17.9 Å². The van der Waals surface area contributed by atoms with Gasteiger partial charge in [0.05, 0.1) is 11.5 Å². The maximum atomic E-state index is 13.0. The summed E-state index contributed by atoms with van der Waals surface area (Å²) in [6.45, 7) is 7.47. The number of carbonyl (C=O) groups excluding carboxylic acids is 1. The van der Waals surface area contributed by atoms with Crippen LogP contribution in [0.4, 0.5) is 0 Å². The molecule has 1 heterocycles. The molecule has 1 aliphatic rings. The molecule has 1 amide bonds. The minimum Gasteiger partial charge on any atom is -0.494 e. The van der Waals surface area contributed by atoms with E-state index in [0.717, 1.165) is 11.1 Å². The molecule has 1 saturated heterocycles. The minimum absolute atomic E-state index is 0.00969. The molecule has 30 heavy (non-hydrogen) atoms. The van der Waals surface area contributed by atoms with Gasteiger partial charge in [-0.15, -0.1) is 0 Å². The largest absolute Gasteiger partial charge is 0.494 e. The highest BCUT2D eigenvalue weighted by atomic mass is 32.2. The molecule has 1 fully saturated rings. The van der Waals surface area contributed by atoms with E-state index in [4.69, 9.17) is 4.74 Å². The summed E-state index contributed by atoms with van der Waals surface area (Å²) in [5, 5.41) is 2.98. The van der Waals surface area contributed by atoms with Gasteiger partial charge in [-0.25, -0.2) is 8.42 Å². The number of nitrogens with one attached hydrogen (secondary N) is 1. The Morgan fingerprint density at radius 1 is 1.10 bits per heavy atom. The van der Waals surface area contributed by atoms with Crippen LogP contribution < -0.4 is 10.1 Å². The van der Waals surface area contributed by atoms with E-state index in [9.17, 15) is 13.2 Å². The first-order valence-corrected chi connectivity index (χ1v) is 11.8. The van der Waals surface area contributed by atoms with Crippen molar-refractivity contribution in [2.45, 2.75) is 45.1 Å². The van der Waals surface area contributed by atoms with Gasteiger partial charge >= 0.3 is 0 Å². The Morgan fingerprint density at radius 2 is 1.77 bits per heavy atom. The van der Waals surface area contributed by atoms with Crippen molar-refractivity contribution in [2.75, 3.05) is 19.7 Å². The molecule has 0 atom stereocenters. The normalized spacial score (nSPS) is 15.7. The zero-order valence-corrected chi connectivity index (χ0v) is 18.7. The number of piperidine rings is 1. The maximum Gasteiger partial charge on any atom is 0.243 e. The third-order valence-corrected chi connectivity index (χ3v) is 7.39. The average Bonchev–Trinajstić information content (AvgIpc) is 2.74. The molecule has 0 unspecified atom stereocenters. The highest BCUT2D eigenvalue weighted by Crippen LogP contribution is 2.27. The van der Waals surface area contributed by atoms with E-state index < -0.39 is 10.0 Å². The molecule has 1 N–H and O–H groups in total. The average molecular weight is 431 g/mol. The number of hydrogen-bond donors (Lipinski definition) is 1. The summed E-state index contributed by atoms with van der Waals surface area (Å²) in [4.78, 5) is 12.8. The molecule has 2 aromatic carbocycles. The third kappa shape index (κ3) is 5.21. The number of amides is 1. The molecule has 0 aliphatic carbocycles. The van der Waals surface area contributed by atoms with E-state index in [2.05, 4.69) is 5.32 Å². The molecule has 2 aromatic rings. The summed E-state index contributed by atoms with van der Waals surface area (Å²) < 4.78 is 33.0. The van der Waals surface area contributed by atoms with Crippen molar-refractivity contribution in [1.82, 2.24) is 9.62 Å². The van der Waals surface area contributed by atoms with Gasteiger partial charge in [-0.05, 0) is 62.9 Å². The monoisotopic (exact) mass is 430 g/mol. The molecule has 3 rings (SSSR count). The Balaban J connectivity index is 1.56. The minimum atomic E-state index is -3.58. The van der Waals surface area contributed by atoms with Crippen LogP contribution in [0, 0.1) is 19.8 Å². The van der Waals surface area contributed by atoms with Gasteiger partial charge in [0, 0.05) is 25.6 Å². The van der Waals surface area contributed by atoms with Crippen molar-refractivity contribution in [3.63, 3.8) is 0 Å². The molecule has 1 aliphatic heterocycles. The van der Waals surface area contributed by atoms with E-state index in [1.54, 1.807) is 18.2 Å². The quantitative estimate of drug-likeness (QED) is 0.730. The lowest BCUT2D eigenvalue weighted by atomic mass is 9.97. The second-order valence-electron chi connectivity index (χ2n) is 7.74. The standard InChI is InChI=1S/C23H30N2O4S/c1-4-29-22-10-9-21(15-18(22)3)30(27,28)25-13-11-20(12-14-25)23(26)24-16-19-7-5-17(2)6-8-19/h5-10,15,20H,4,11-14,16H2,1-3H3,(H,24,26). The zero-order valence-electron chi connectivity index (χ0n) is 17.8. The van der Waals surface area contributed by atoms with E-state index in [1.165, 1.54) is 9.87 Å². The molecular weight excluding hydrogens is 400 g/mol. The first kappa shape index (κ1) is 22.3. The lowest BCUT2D eigenvalue weighted by Crippen LogP contribution is -2.42. The Morgan fingerprint density at radius 3 is 2.37 bits per heavy atom. The van der Waals surface area contributed by atoms with Crippen molar-refractivity contribution >= 4 is 15.9 Å². The summed E-state index contributed by atoms with van der Waals surface area (Å²) in [6.07, 6.45) is 1.05. The van der Waals surface area contributed by atoms with Gasteiger partial charge in [-0.1, -0.05) is 29.8 Å². The second-order valence-corrected chi connectivity index (χ2v) is 9.68. The van der Waals surface area contributed by atoms with Gasteiger partial charge in [0.25, 0.3) is 0 Å². The van der Waals surface area contributed by atoms with Crippen molar-refractivity contribution in [3.05, 3.63) is 59.2 Å². The summed E-state index contributed by atoms with van der Waals surface area (Å²) >= 11 is 0. The molecule has 7 heteroatoms. The van der Waals surface area contributed by atoms with Gasteiger partial charge in [0.15, 0.2) is 0 Å². The van der Waals surface area contributed by atoms with Crippen LogP contribution >= 0.6 is 0 Å². The number of rotatable bonds is 7. The molecule has 0 bridgehead atoms. The predicted molar refractivity (Wildman–Crippen MR) is 117 cm³/mol. The van der Waals surface area contributed by atoms with Crippen molar-refractivity contribution in [3.8, 4) is 5.75 Å². The number of carbonyl (C=O) groups is 1. The lowest BCUT2D eigenvalue weighted by molar-refractivity contribution is -0.126. The fourth-order valence-electron chi connectivity index (χ4n) is 3.65. The Labute approximate surface area is 179 Å². The van der Waals surface area contributed by atoms with Crippen LogP contribution in [0.25, 0.3) is 0 Å². The fourth-order valence-corrected chi connectivity index (χ4v) is 5.20. The summed E-state index contributed by atoms with van der Waals surface area (Å²) in [7, 11) is -3.58. The topological polar surface area (TPSA) is 75.7 Å². The van der Waals surface area contributed by atoms with Crippen LogP contribution in [0.2, 0.25) is 0 Å². The third-order valence-electron chi connectivity index (χ3n) is 5.50. The number of nitrogens with zero attached hydrogens (tertiary/aromatic N) is 1. The van der Waals surface area contributed by atoms with Crippen LogP contribution in [-0.4, -0.2) is 38.3 Å². The van der Waals surface area contributed by atoms with Gasteiger partial charge in [-0.3, -0.25) is 4.79 Å². The first-order valence-electron chi connectivity index (χ1n) is 10.4. The predicted octanol–water partition coefficient (Wildman–Crippen LogP) is 3.42. The molecular formula is C23H30N2O4S.